The fourth-order valence-electron chi connectivity index (χ4n) is 1.65. The van der Waals surface area contributed by atoms with Gasteiger partial charge in [0.1, 0.15) is 0 Å². The van der Waals surface area contributed by atoms with Crippen LogP contribution in [0.2, 0.25) is 5.02 Å². The van der Waals surface area contributed by atoms with Crippen molar-refractivity contribution in [1.29, 1.82) is 0 Å². The van der Waals surface area contributed by atoms with Crippen LogP contribution >= 0.6 is 11.6 Å². The Bertz CT molecular complexity index is 835. The summed E-state index contributed by atoms with van der Waals surface area (Å²) in [6, 6.07) is 10.2. The molecule has 0 aliphatic rings. The molecule has 10 heteroatoms. The van der Waals surface area contributed by atoms with Gasteiger partial charge in [-0.25, -0.2) is 8.42 Å². The first-order chi connectivity index (χ1) is 11.1. The molecule has 1 amide bonds. The Morgan fingerprint density at radius 1 is 0.917 bits per heavy atom. The highest BCUT2D eigenvalue weighted by Gasteiger charge is 2.38. The lowest BCUT2D eigenvalue weighted by molar-refractivity contribution is -0.167. The molecule has 0 heterocycles. The Kier molecular flexibility index (Phi) is 5.05. The number of carbonyl (C=O) groups excluding carboxylic acids is 1. The summed E-state index contributed by atoms with van der Waals surface area (Å²) in [6.07, 6.45) is -5.01. The fraction of sp³-hybridized carbons (Fsp3) is 0.0714. The minimum atomic E-state index is -5.01. The van der Waals surface area contributed by atoms with Crippen molar-refractivity contribution >= 4 is 38.9 Å². The lowest BCUT2D eigenvalue weighted by Crippen LogP contribution is -2.29. The standard InChI is InChI=1S/C14H10ClF3N2O3S/c15-9-1-7-12(8-2-9)24(22,23)20-11-5-3-10(4-6-11)19-13(21)14(16,17)18/h1-8,20H,(H,19,21). The normalized spacial score (nSPS) is 11.8. The maximum absolute atomic E-state index is 12.1. The summed E-state index contributed by atoms with van der Waals surface area (Å²) in [5, 5.41) is 2.03. The number of halogens is 4. The molecule has 0 saturated heterocycles. The molecular weight excluding hydrogens is 369 g/mol. The number of hydrogen-bond acceptors (Lipinski definition) is 3. The molecule has 0 aromatic heterocycles. The lowest BCUT2D eigenvalue weighted by atomic mass is 10.3. The Hall–Kier alpha value is -2.26. The molecular formula is C14H10ClF3N2O3S. The third-order valence-corrected chi connectivity index (χ3v) is 4.43. The fourth-order valence-corrected chi connectivity index (χ4v) is 2.84. The summed E-state index contributed by atoms with van der Waals surface area (Å²) < 4.78 is 62.9. The summed E-state index contributed by atoms with van der Waals surface area (Å²) in [4.78, 5) is 10.8. The Morgan fingerprint density at radius 3 is 1.92 bits per heavy atom. The Balaban J connectivity index is 2.11. The zero-order chi connectivity index (χ0) is 18.0. The van der Waals surface area contributed by atoms with Crippen LogP contribution in [0, 0.1) is 0 Å². The first-order valence-electron chi connectivity index (χ1n) is 6.34. The van der Waals surface area contributed by atoms with Gasteiger partial charge in [0, 0.05) is 16.4 Å². The third kappa shape index (κ3) is 4.62. The van der Waals surface area contributed by atoms with Crippen LogP contribution in [0.25, 0.3) is 0 Å². The molecule has 0 aliphatic carbocycles. The first-order valence-corrected chi connectivity index (χ1v) is 8.21. The van der Waals surface area contributed by atoms with E-state index >= 15 is 0 Å². The van der Waals surface area contributed by atoms with E-state index in [1.54, 1.807) is 5.32 Å². The predicted molar refractivity (Wildman–Crippen MR) is 83.4 cm³/mol. The Morgan fingerprint density at radius 2 is 1.42 bits per heavy atom. The second-order valence-electron chi connectivity index (χ2n) is 4.59. The highest BCUT2D eigenvalue weighted by Crippen LogP contribution is 2.22. The second-order valence-corrected chi connectivity index (χ2v) is 6.71. The second kappa shape index (κ2) is 6.70. The highest BCUT2D eigenvalue weighted by molar-refractivity contribution is 7.92. The van der Waals surface area contributed by atoms with E-state index in [-0.39, 0.29) is 16.3 Å². The number of benzene rings is 2. The largest absolute Gasteiger partial charge is 0.471 e. The molecule has 0 radical (unpaired) electrons. The van der Waals surface area contributed by atoms with Crippen molar-refractivity contribution in [2.45, 2.75) is 11.1 Å². The topological polar surface area (TPSA) is 75.3 Å². The summed E-state index contributed by atoms with van der Waals surface area (Å²) in [5.41, 5.74) is 0.00160. The van der Waals surface area contributed by atoms with E-state index in [2.05, 4.69) is 4.72 Å². The maximum Gasteiger partial charge on any atom is 0.471 e. The van der Waals surface area contributed by atoms with Crippen molar-refractivity contribution in [2.75, 3.05) is 10.0 Å². The van der Waals surface area contributed by atoms with Gasteiger partial charge < -0.3 is 5.32 Å². The number of alkyl halides is 3. The summed E-state index contributed by atoms with van der Waals surface area (Å²) in [5.74, 6) is -2.11. The predicted octanol–water partition coefficient (Wildman–Crippen LogP) is 3.64. The summed E-state index contributed by atoms with van der Waals surface area (Å²) >= 11 is 5.68. The van der Waals surface area contributed by atoms with Gasteiger partial charge in [-0.15, -0.1) is 0 Å². The van der Waals surface area contributed by atoms with Gasteiger partial charge in [-0.05, 0) is 48.5 Å². The first kappa shape index (κ1) is 18.1. The van der Waals surface area contributed by atoms with Crippen molar-refractivity contribution < 1.29 is 26.4 Å². The van der Waals surface area contributed by atoms with Crippen LogP contribution < -0.4 is 10.0 Å². The summed E-state index contributed by atoms with van der Waals surface area (Å²) in [7, 11) is -3.87. The molecule has 5 nitrogen and oxygen atoms in total. The number of sulfonamides is 1. The molecule has 0 spiro atoms. The van der Waals surface area contributed by atoms with Crippen molar-refractivity contribution in [3.8, 4) is 0 Å². The van der Waals surface area contributed by atoms with Crippen molar-refractivity contribution in [3.63, 3.8) is 0 Å². The van der Waals surface area contributed by atoms with Crippen LogP contribution in [0.15, 0.2) is 53.4 Å². The van der Waals surface area contributed by atoms with Gasteiger partial charge in [-0.1, -0.05) is 11.6 Å². The van der Waals surface area contributed by atoms with Crippen LogP contribution in [0.3, 0.4) is 0 Å². The van der Waals surface area contributed by atoms with Crippen LogP contribution in [0.1, 0.15) is 0 Å². The molecule has 2 rings (SSSR count). The molecule has 0 unspecified atom stereocenters. The zero-order valence-corrected chi connectivity index (χ0v) is 13.3. The van der Waals surface area contributed by atoms with E-state index in [1.165, 1.54) is 36.4 Å². The van der Waals surface area contributed by atoms with E-state index in [1.807, 2.05) is 0 Å². The zero-order valence-electron chi connectivity index (χ0n) is 11.8. The number of nitrogens with one attached hydrogen (secondary N) is 2. The number of anilines is 2. The lowest BCUT2D eigenvalue weighted by Gasteiger charge is -2.10. The molecule has 128 valence electrons. The smallest absolute Gasteiger partial charge is 0.318 e. The van der Waals surface area contributed by atoms with Gasteiger partial charge >= 0.3 is 12.1 Å². The average Bonchev–Trinajstić information content (AvgIpc) is 2.48. The SMILES string of the molecule is O=C(Nc1ccc(NS(=O)(=O)c2ccc(Cl)cc2)cc1)C(F)(F)F. The minimum Gasteiger partial charge on any atom is -0.318 e. The highest BCUT2D eigenvalue weighted by atomic mass is 35.5. The van der Waals surface area contributed by atoms with E-state index in [0.29, 0.717) is 5.02 Å². The van der Waals surface area contributed by atoms with Gasteiger partial charge in [0.05, 0.1) is 4.90 Å². The quantitative estimate of drug-likeness (QED) is 0.852. The van der Waals surface area contributed by atoms with E-state index < -0.39 is 22.1 Å². The van der Waals surface area contributed by atoms with Gasteiger partial charge in [-0.3, -0.25) is 9.52 Å². The van der Waals surface area contributed by atoms with Crippen molar-refractivity contribution in [3.05, 3.63) is 53.6 Å². The number of hydrogen-bond donors (Lipinski definition) is 2. The number of amides is 1. The molecule has 0 aliphatic heterocycles. The van der Waals surface area contributed by atoms with E-state index in [0.717, 1.165) is 12.1 Å². The van der Waals surface area contributed by atoms with Crippen LogP contribution in [0.5, 0.6) is 0 Å². The molecule has 2 N–H and O–H groups in total. The molecule has 2 aromatic rings. The molecule has 2 aromatic carbocycles. The average molecular weight is 379 g/mol. The van der Waals surface area contributed by atoms with Gasteiger partial charge in [-0.2, -0.15) is 13.2 Å². The van der Waals surface area contributed by atoms with Crippen LogP contribution in [-0.4, -0.2) is 20.5 Å². The maximum atomic E-state index is 12.1. The van der Waals surface area contributed by atoms with Crippen molar-refractivity contribution in [1.82, 2.24) is 0 Å². The number of carbonyl (C=O) groups is 1. The molecule has 0 bridgehead atoms. The van der Waals surface area contributed by atoms with Gasteiger partial charge in [0.25, 0.3) is 10.0 Å². The summed E-state index contributed by atoms with van der Waals surface area (Å²) in [6.45, 7) is 0. The minimum absolute atomic E-state index is 0.0265. The van der Waals surface area contributed by atoms with Crippen LogP contribution in [0.4, 0.5) is 24.5 Å². The van der Waals surface area contributed by atoms with Crippen molar-refractivity contribution in [2.24, 2.45) is 0 Å². The molecule has 0 atom stereocenters. The molecule has 0 saturated carbocycles. The molecule has 0 fully saturated rings. The number of rotatable bonds is 4. The van der Waals surface area contributed by atoms with E-state index in [9.17, 15) is 26.4 Å². The van der Waals surface area contributed by atoms with E-state index in [4.69, 9.17) is 11.6 Å². The molecule has 24 heavy (non-hydrogen) atoms. The van der Waals surface area contributed by atoms with Gasteiger partial charge in [0.15, 0.2) is 0 Å². The Labute approximate surface area is 140 Å². The third-order valence-electron chi connectivity index (χ3n) is 2.78. The monoisotopic (exact) mass is 378 g/mol. The van der Waals surface area contributed by atoms with Gasteiger partial charge in [0.2, 0.25) is 0 Å². The van der Waals surface area contributed by atoms with Crippen LogP contribution in [-0.2, 0) is 14.8 Å².